The monoisotopic (exact) mass is 253 g/mol. The number of isocyanates is 1. The summed E-state index contributed by atoms with van der Waals surface area (Å²) >= 11 is 0. The van der Waals surface area contributed by atoms with Gasteiger partial charge in [0.15, 0.2) is 0 Å². The lowest BCUT2D eigenvalue weighted by atomic mass is 10.2. The first kappa shape index (κ1) is 12.7. The molecule has 0 aromatic heterocycles. The van der Waals surface area contributed by atoms with Gasteiger partial charge in [-0.15, -0.1) is 0 Å². The molecule has 0 atom stereocenters. The zero-order chi connectivity index (χ0) is 13.5. The SMILES string of the molecule is O=C=Nc1ccc(C(=O)OCc2ccccc2)cc1. The predicted molar refractivity (Wildman–Crippen MR) is 69.8 cm³/mol. The van der Waals surface area contributed by atoms with Crippen molar-refractivity contribution in [3.63, 3.8) is 0 Å². The minimum atomic E-state index is -0.412. The van der Waals surface area contributed by atoms with Crippen molar-refractivity contribution in [1.29, 1.82) is 0 Å². The first-order chi connectivity index (χ1) is 9.29. The molecule has 2 aromatic carbocycles. The molecule has 0 amide bonds. The number of carbonyl (C=O) groups is 1. The molecule has 4 heteroatoms. The van der Waals surface area contributed by atoms with Crippen LogP contribution in [0.2, 0.25) is 0 Å². The Balaban J connectivity index is 1.98. The van der Waals surface area contributed by atoms with E-state index in [4.69, 9.17) is 4.74 Å². The molecular formula is C15H11NO3. The highest BCUT2D eigenvalue weighted by molar-refractivity contribution is 5.89. The molecule has 0 aliphatic carbocycles. The molecule has 2 rings (SSSR count). The van der Waals surface area contributed by atoms with E-state index in [0.717, 1.165) is 5.56 Å². The maximum absolute atomic E-state index is 11.8. The molecular weight excluding hydrogens is 242 g/mol. The van der Waals surface area contributed by atoms with E-state index < -0.39 is 5.97 Å². The zero-order valence-electron chi connectivity index (χ0n) is 10.1. The van der Waals surface area contributed by atoms with E-state index >= 15 is 0 Å². The molecule has 0 heterocycles. The maximum Gasteiger partial charge on any atom is 0.338 e. The van der Waals surface area contributed by atoms with E-state index in [1.54, 1.807) is 24.3 Å². The largest absolute Gasteiger partial charge is 0.457 e. The molecule has 4 nitrogen and oxygen atoms in total. The Bertz CT molecular complexity index is 599. The molecule has 19 heavy (non-hydrogen) atoms. The topological polar surface area (TPSA) is 55.7 Å². The van der Waals surface area contributed by atoms with Crippen molar-refractivity contribution in [2.24, 2.45) is 4.99 Å². The minimum Gasteiger partial charge on any atom is -0.457 e. The fourth-order valence-corrected chi connectivity index (χ4v) is 1.53. The molecule has 0 N–H and O–H groups in total. The van der Waals surface area contributed by atoms with Crippen LogP contribution in [0.3, 0.4) is 0 Å². The number of aliphatic imine (C=N–C) groups is 1. The van der Waals surface area contributed by atoms with Crippen LogP contribution >= 0.6 is 0 Å². The summed E-state index contributed by atoms with van der Waals surface area (Å²) in [6, 6.07) is 15.7. The molecule has 0 bridgehead atoms. The van der Waals surface area contributed by atoms with E-state index in [9.17, 15) is 9.59 Å². The van der Waals surface area contributed by atoms with Crippen molar-refractivity contribution in [3.05, 3.63) is 65.7 Å². The van der Waals surface area contributed by atoms with Crippen LogP contribution in [0.15, 0.2) is 59.6 Å². The fourth-order valence-electron chi connectivity index (χ4n) is 1.53. The second kappa shape index (κ2) is 6.28. The van der Waals surface area contributed by atoms with Crippen LogP contribution in [-0.4, -0.2) is 12.0 Å². The van der Waals surface area contributed by atoms with Crippen molar-refractivity contribution in [2.45, 2.75) is 6.61 Å². The summed E-state index contributed by atoms with van der Waals surface area (Å²) in [6.45, 7) is 0.230. The Kier molecular flexibility index (Phi) is 4.21. The van der Waals surface area contributed by atoms with Crippen molar-refractivity contribution in [1.82, 2.24) is 0 Å². The van der Waals surface area contributed by atoms with E-state index in [2.05, 4.69) is 4.99 Å². The average Bonchev–Trinajstić information content (AvgIpc) is 2.47. The number of rotatable bonds is 4. The number of esters is 1. The summed E-state index contributed by atoms with van der Waals surface area (Å²) < 4.78 is 5.17. The van der Waals surface area contributed by atoms with Gasteiger partial charge in [-0.05, 0) is 29.8 Å². The van der Waals surface area contributed by atoms with E-state index in [-0.39, 0.29) is 6.61 Å². The third-order valence-electron chi connectivity index (χ3n) is 2.49. The highest BCUT2D eigenvalue weighted by Crippen LogP contribution is 2.13. The summed E-state index contributed by atoms with van der Waals surface area (Å²) in [5, 5.41) is 0. The maximum atomic E-state index is 11.8. The lowest BCUT2D eigenvalue weighted by molar-refractivity contribution is 0.0473. The Labute approximate surface area is 110 Å². The van der Waals surface area contributed by atoms with Crippen molar-refractivity contribution >= 4 is 17.7 Å². The Morgan fingerprint density at radius 1 is 1.05 bits per heavy atom. The Morgan fingerprint density at radius 2 is 1.74 bits per heavy atom. The fraction of sp³-hybridized carbons (Fsp3) is 0.0667. The van der Waals surface area contributed by atoms with Gasteiger partial charge in [-0.3, -0.25) is 0 Å². The van der Waals surface area contributed by atoms with Crippen LogP contribution in [0.5, 0.6) is 0 Å². The van der Waals surface area contributed by atoms with Crippen LogP contribution in [-0.2, 0) is 16.1 Å². The molecule has 0 saturated carbocycles. The van der Waals surface area contributed by atoms with Gasteiger partial charge in [0.05, 0.1) is 11.3 Å². The lowest BCUT2D eigenvalue weighted by Gasteiger charge is -2.04. The second-order valence-electron chi connectivity index (χ2n) is 3.81. The second-order valence-corrected chi connectivity index (χ2v) is 3.81. The molecule has 0 radical (unpaired) electrons. The van der Waals surface area contributed by atoms with Gasteiger partial charge in [-0.1, -0.05) is 30.3 Å². The van der Waals surface area contributed by atoms with E-state index in [1.807, 2.05) is 30.3 Å². The molecule has 0 fully saturated rings. The first-order valence-electron chi connectivity index (χ1n) is 5.68. The van der Waals surface area contributed by atoms with Gasteiger partial charge in [0.2, 0.25) is 6.08 Å². The van der Waals surface area contributed by atoms with Gasteiger partial charge in [0, 0.05) is 0 Å². The van der Waals surface area contributed by atoms with Crippen LogP contribution in [0.4, 0.5) is 5.69 Å². The summed E-state index contributed by atoms with van der Waals surface area (Å²) in [4.78, 5) is 25.3. The number of ether oxygens (including phenoxy) is 1. The highest BCUT2D eigenvalue weighted by Gasteiger charge is 2.06. The molecule has 0 spiro atoms. The zero-order valence-corrected chi connectivity index (χ0v) is 10.1. The molecule has 0 unspecified atom stereocenters. The Morgan fingerprint density at radius 3 is 2.37 bits per heavy atom. The van der Waals surface area contributed by atoms with Gasteiger partial charge in [0.1, 0.15) is 6.61 Å². The smallest absolute Gasteiger partial charge is 0.338 e. The highest BCUT2D eigenvalue weighted by atomic mass is 16.5. The van der Waals surface area contributed by atoms with Gasteiger partial charge in [-0.25, -0.2) is 9.59 Å². The third-order valence-corrected chi connectivity index (χ3v) is 2.49. The quantitative estimate of drug-likeness (QED) is 0.478. The number of nitrogens with zero attached hydrogens (tertiary/aromatic N) is 1. The molecule has 0 aliphatic heterocycles. The summed E-state index contributed by atoms with van der Waals surface area (Å²) in [5.41, 5.74) is 1.80. The van der Waals surface area contributed by atoms with Crippen LogP contribution < -0.4 is 0 Å². The van der Waals surface area contributed by atoms with Crippen molar-refractivity contribution in [2.75, 3.05) is 0 Å². The van der Waals surface area contributed by atoms with E-state index in [0.29, 0.717) is 11.3 Å². The summed E-state index contributed by atoms with van der Waals surface area (Å²) in [6.07, 6.45) is 1.44. The lowest BCUT2D eigenvalue weighted by Crippen LogP contribution is -2.04. The van der Waals surface area contributed by atoms with E-state index in [1.165, 1.54) is 6.08 Å². The Hall–Kier alpha value is -2.71. The summed E-state index contributed by atoms with van der Waals surface area (Å²) in [7, 11) is 0. The minimum absolute atomic E-state index is 0.230. The molecule has 2 aromatic rings. The standard InChI is InChI=1S/C15H11NO3/c17-11-16-14-8-6-13(7-9-14)15(18)19-10-12-4-2-1-3-5-12/h1-9H,10H2. The first-order valence-corrected chi connectivity index (χ1v) is 5.68. The average molecular weight is 253 g/mol. The third kappa shape index (κ3) is 3.63. The van der Waals surface area contributed by atoms with Crippen LogP contribution in [0, 0.1) is 0 Å². The van der Waals surface area contributed by atoms with Gasteiger partial charge in [0.25, 0.3) is 0 Å². The van der Waals surface area contributed by atoms with Gasteiger partial charge < -0.3 is 4.74 Å². The number of carbonyl (C=O) groups excluding carboxylic acids is 2. The van der Waals surface area contributed by atoms with Gasteiger partial charge >= 0.3 is 5.97 Å². The number of hydrogen-bond donors (Lipinski definition) is 0. The summed E-state index contributed by atoms with van der Waals surface area (Å²) in [5.74, 6) is -0.412. The van der Waals surface area contributed by atoms with Crippen molar-refractivity contribution < 1.29 is 14.3 Å². The van der Waals surface area contributed by atoms with Crippen LogP contribution in [0.25, 0.3) is 0 Å². The van der Waals surface area contributed by atoms with Crippen molar-refractivity contribution in [3.8, 4) is 0 Å². The number of benzene rings is 2. The number of hydrogen-bond acceptors (Lipinski definition) is 4. The molecule has 94 valence electrons. The molecule has 0 saturated heterocycles. The predicted octanol–water partition coefficient (Wildman–Crippen LogP) is 3.01. The molecule has 0 aliphatic rings. The van der Waals surface area contributed by atoms with Gasteiger partial charge in [-0.2, -0.15) is 4.99 Å². The normalized spacial score (nSPS) is 9.47. The van der Waals surface area contributed by atoms with Crippen LogP contribution in [0.1, 0.15) is 15.9 Å².